The summed E-state index contributed by atoms with van der Waals surface area (Å²) in [6, 6.07) is 0. The molecule has 28 heavy (non-hydrogen) atoms. The molecule has 1 heterocycles. The highest BCUT2D eigenvalue weighted by atomic mass is 16.5. The van der Waals surface area contributed by atoms with Crippen LogP contribution in [0.1, 0.15) is 75.1 Å². The molecular formula is C23H35N3O2. The molecule has 5 heteroatoms. The van der Waals surface area contributed by atoms with Crippen molar-refractivity contribution in [3.8, 4) is 5.88 Å². The maximum atomic E-state index is 12.9. The Hall–Kier alpha value is -1.52. The van der Waals surface area contributed by atoms with Gasteiger partial charge >= 0.3 is 0 Å². The van der Waals surface area contributed by atoms with Gasteiger partial charge in [-0.15, -0.1) is 0 Å². The highest BCUT2D eigenvalue weighted by Crippen LogP contribution is 2.81. The Balaban J connectivity index is 1.20. The largest absolute Gasteiger partial charge is 0.477 e. The lowest BCUT2D eigenvalue weighted by molar-refractivity contribution is 0.0922. The molecule has 5 atom stereocenters. The standard InChI is InChI=1S/C23H35N3O2/c1-3-16-9-17-10-23(17)11-20(23)18(16)12-24-21(27)19-13-25-26(2)22(19)28-14-15-7-5-4-6-8-15/h13,15-18,20H,3-12,14H2,1-2H3,(H,24,27)/t16?,17-,18?,20?,23?/m0/s1. The number of ether oxygens (including phenoxy) is 1. The molecule has 154 valence electrons. The van der Waals surface area contributed by atoms with Crippen LogP contribution in [0.2, 0.25) is 0 Å². The zero-order valence-corrected chi connectivity index (χ0v) is 17.5. The van der Waals surface area contributed by atoms with Crippen molar-refractivity contribution in [3.63, 3.8) is 0 Å². The van der Waals surface area contributed by atoms with Crippen molar-refractivity contribution >= 4 is 5.91 Å². The van der Waals surface area contributed by atoms with Crippen LogP contribution in [0.5, 0.6) is 5.88 Å². The van der Waals surface area contributed by atoms with Crippen molar-refractivity contribution in [1.29, 1.82) is 0 Å². The SMILES string of the molecule is CCC1C[C@H]2CC23CC3C1CNC(=O)c1cnn(C)c1OCC1CCCCC1. The van der Waals surface area contributed by atoms with Gasteiger partial charge in [-0.1, -0.05) is 32.6 Å². The number of hydrogen-bond acceptors (Lipinski definition) is 3. The molecule has 0 radical (unpaired) electrons. The zero-order valence-electron chi connectivity index (χ0n) is 17.5. The van der Waals surface area contributed by atoms with E-state index in [0.29, 0.717) is 35.3 Å². The molecule has 0 bridgehead atoms. The summed E-state index contributed by atoms with van der Waals surface area (Å²) in [5.74, 6) is 4.54. The molecule has 1 aromatic heterocycles. The maximum absolute atomic E-state index is 12.9. The summed E-state index contributed by atoms with van der Waals surface area (Å²) in [5.41, 5.74) is 1.31. The zero-order chi connectivity index (χ0) is 19.3. The predicted molar refractivity (Wildman–Crippen MR) is 108 cm³/mol. The summed E-state index contributed by atoms with van der Waals surface area (Å²) >= 11 is 0. The van der Waals surface area contributed by atoms with Crippen LogP contribution in [0.4, 0.5) is 0 Å². The summed E-state index contributed by atoms with van der Waals surface area (Å²) in [5, 5.41) is 7.54. The molecule has 5 nitrogen and oxygen atoms in total. The van der Waals surface area contributed by atoms with Crippen molar-refractivity contribution in [1.82, 2.24) is 15.1 Å². The van der Waals surface area contributed by atoms with Gasteiger partial charge in [0.05, 0.1) is 12.8 Å². The van der Waals surface area contributed by atoms with E-state index < -0.39 is 0 Å². The molecule has 4 aliphatic carbocycles. The van der Waals surface area contributed by atoms with Crippen molar-refractivity contribution in [3.05, 3.63) is 11.8 Å². The summed E-state index contributed by atoms with van der Waals surface area (Å²) < 4.78 is 7.80. The first-order valence-corrected chi connectivity index (χ1v) is 11.6. The molecule has 1 aromatic rings. The van der Waals surface area contributed by atoms with E-state index in [0.717, 1.165) is 24.3 Å². The molecular weight excluding hydrogens is 350 g/mol. The molecule has 5 rings (SSSR count). The number of aryl methyl sites for hydroxylation is 1. The number of aromatic nitrogens is 2. The van der Waals surface area contributed by atoms with Gasteiger partial charge < -0.3 is 10.1 Å². The number of amides is 1. The second-order valence-electron chi connectivity index (χ2n) is 10.0. The molecule has 0 saturated heterocycles. The van der Waals surface area contributed by atoms with E-state index in [1.165, 1.54) is 57.8 Å². The van der Waals surface area contributed by atoms with Gasteiger partial charge in [-0.2, -0.15) is 5.10 Å². The van der Waals surface area contributed by atoms with E-state index >= 15 is 0 Å². The van der Waals surface area contributed by atoms with Crippen LogP contribution in [-0.4, -0.2) is 28.8 Å². The van der Waals surface area contributed by atoms with E-state index in [1.807, 2.05) is 7.05 Å². The Morgan fingerprint density at radius 3 is 2.93 bits per heavy atom. The van der Waals surface area contributed by atoms with Gasteiger partial charge in [-0.3, -0.25) is 4.79 Å². The molecule has 4 fully saturated rings. The highest BCUT2D eigenvalue weighted by Gasteiger charge is 2.74. The predicted octanol–water partition coefficient (Wildman–Crippen LogP) is 4.18. The van der Waals surface area contributed by atoms with Crippen molar-refractivity contribution in [2.75, 3.05) is 13.2 Å². The Morgan fingerprint density at radius 1 is 1.32 bits per heavy atom. The molecule has 0 aromatic carbocycles. The van der Waals surface area contributed by atoms with Gasteiger partial charge in [-0.25, -0.2) is 4.68 Å². The van der Waals surface area contributed by atoms with Gasteiger partial charge in [0, 0.05) is 13.6 Å². The Labute approximate surface area is 168 Å². The van der Waals surface area contributed by atoms with E-state index in [2.05, 4.69) is 17.3 Å². The second kappa shape index (κ2) is 7.07. The Kier molecular flexibility index (Phi) is 4.67. The van der Waals surface area contributed by atoms with Crippen molar-refractivity contribution < 1.29 is 9.53 Å². The van der Waals surface area contributed by atoms with Crippen LogP contribution in [0.3, 0.4) is 0 Å². The Morgan fingerprint density at radius 2 is 2.14 bits per heavy atom. The fraction of sp³-hybridized carbons (Fsp3) is 0.826. The van der Waals surface area contributed by atoms with Crippen LogP contribution in [-0.2, 0) is 7.05 Å². The molecule has 4 aliphatic rings. The second-order valence-corrected chi connectivity index (χ2v) is 10.0. The molecule has 4 saturated carbocycles. The summed E-state index contributed by atoms with van der Waals surface area (Å²) in [6.07, 6.45) is 13.6. The number of hydrogen-bond donors (Lipinski definition) is 1. The maximum Gasteiger partial charge on any atom is 0.258 e. The minimum atomic E-state index is -0.0192. The van der Waals surface area contributed by atoms with Crippen LogP contribution in [0, 0.1) is 35.0 Å². The number of rotatable bonds is 7. The van der Waals surface area contributed by atoms with Gasteiger partial charge in [0.25, 0.3) is 5.91 Å². The van der Waals surface area contributed by atoms with E-state index in [9.17, 15) is 4.79 Å². The fourth-order valence-corrected chi connectivity index (χ4v) is 6.61. The first-order valence-electron chi connectivity index (χ1n) is 11.6. The minimum Gasteiger partial charge on any atom is -0.477 e. The lowest BCUT2D eigenvalue weighted by Gasteiger charge is -2.30. The van der Waals surface area contributed by atoms with Gasteiger partial charge in [0.1, 0.15) is 5.56 Å². The summed E-state index contributed by atoms with van der Waals surface area (Å²) in [6.45, 7) is 3.83. The number of carbonyl (C=O) groups excluding carboxylic acids is 1. The van der Waals surface area contributed by atoms with E-state index in [1.54, 1.807) is 10.9 Å². The van der Waals surface area contributed by atoms with E-state index in [-0.39, 0.29) is 5.91 Å². The fourth-order valence-electron chi connectivity index (χ4n) is 6.61. The normalized spacial score (nSPS) is 36.4. The average molecular weight is 386 g/mol. The summed E-state index contributed by atoms with van der Waals surface area (Å²) in [7, 11) is 1.86. The van der Waals surface area contributed by atoms with Crippen LogP contribution in [0.25, 0.3) is 0 Å². The van der Waals surface area contributed by atoms with Crippen LogP contribution in [0.15, 0.2) is 6.20 Å². The minimum absolute atomic E-state index is 0.0192. The monoisotopic (exact) mass is 385 g/mol. The summed E-state index contributed by atoms with van der Waals surface area (Å²) in [4.78, 5) is 12.9. The first kappa shape index (κ1) is 18.5. The third-order valence-electron chi connectivity index (χ3n) is 8.50. The van der Waals surface area contributed by atoms with Gasteiger partial charge in [0.15, 0.2) is 0 Å². The topological polar surface area (TPSA) is 56.2 Å². The molecule has 4 unspecified atom stereocenters. The highest BCUT2D eigenvalue weighted by molar-refractivity contribution is 5.96. The smallest absolute Gasteiger partial charge is 0.258 e. The van der Waals surface area contributed by atoms with Gasteiger partial charge in [0.2, 0.25) is 5.88 Å². The lowest BCUT2D eigenvalue weighted by Crippen LogP contribution is -2.36. The van der Waals surface area contributed by atoms with Gasteiger partial charge in [-0.05, 0) is 67.1 Å². The third-order valence-corrected chi connectivity index (χ3v) is 8.50. The quantitative estimate of drug-likeness (QED) is 0.766. The number of carbonyl (C=O) groups is 1. The van der Waals surface area contributed by atoms with E-state index in [4.69, 9.17) is 4.74 Å². The van der Waals surface area contributed by atoms with Crippen LogP contribution < -0.4 is 10.1 Å². The third kappa shape index (κ3) is 3.15. The lowest BCUT2D eigenvalue weighted by atomic mass is 9.77. The van der Waals surface area contributed by atoms with Crippen LogP contribution >= 0.6 is 0 Å². The molecule has 1 amide bonds. The van der Waals surface area contributed by atoms with Crippen molar-refractivity contribution in [2.24, 2.45) is 42.1 Å². The number of nitrogens with zero attached hydrogens (tertiary/aromatic N) is 2. The van der Waals surface area contributed by atoms with Crippen molar-refractivity contribution in [2.45, 2.75) is 64.7 Å². The molecule has 0 aliphatic heterocycles. The number of nitrogens with one attached hydrogen (secondary N) is 1. The Bertz CT molecular complexity index is 738. The first-order chi connectivity index (χ1) is 13.6. The molecule has 1 N–H and O–H groups in total. The average Bonchev–Trinajstić information content (AvgIpc) is 3.58. The molecule has 1 spiro atoms.